The lowest BCUT2D eigenvalue weighted by molar-refractivity contribution is -0.137. The van der Waals surface area contributed by atoms with Gasteiger partial charge in [-0.2, -0.15) is 13.2 Å². The summed E-state index contributed by atoms with van der Waals surface area (Å²) in [6.07, 6.45) is 1.14. The zero-order chi connectivity index (χ0) is 19.6. The minimum atomic E-state index is -4.41. The molecule has 0 spiro atoms. The summed E-state index contributed by atoms with van der Waals surface area (Å²) in [5.41, 5.74) is 0.109. The Kier molecular flexibility index (Phi) is 5.09. The minimum Gasteiger partial charge on any atom is -0.457 e. The van der Waals surface area contributed by atoms with Crippen molar-refractivity contribution in [3.63, 3.8) is 0 Å². The standard InChI is InChI=1S/C21H19F3N2O2/c22-21(23,24)16-4-2-6-19(14-16)28-18-5-1-3-15(13-18)20-25-9-10-26(20)17-7-11-27-12-8-17/h1-6,9-10,13-14,17H,7-8,11-12H2. The molecule has 0 radical (unpaired) electrons. The van der Waals surface area contributed by atoms with Gasteiger partial charge >= 0.3 is 6.18 Å². The molecule has 28 heavy (non-hydrogen) atoms. The number of nitrogens with zero attached hydrogens (tertiary/aromatic N) is 2. The van der Waals surface area contributed by atoms with Crippen LogP contribution in [0.4, 0.5) is 13.2 Å². The van der Waals surface area contributed by atoms with Gasteiger partial charge in [-0.15, -0.1) is 0 Å². The highest BCUT2D eigenvalue weighted by Crippen LogP contribution is 2.34. The van der Waals surface area contributed by atoms with E-state index in [4.69, 9.17) is 9.47 Å². The summed E-state index contributed by atoms with van der Waals surface area (Å²) in [5, 5.41) is 0. The van der Waals surface area contributed by atoms with Crippen molar-refractivity contribution >= 4 is 0 Å². The van der Waals surface area contributed by atoms with Gasteiger partial charge in [-0.3, -0.25) is 0 Å². The number of imidazole rings is 1. The molecule has 2 aromatic carbocycles. The molecule has 7 heteroatoms. The van der Waals surface area contributed by atoms with Crippen LogP contribution >= 0.6 is 0 Å². The van der Waals surface area contributed by atoms with Gasteiger partial charge < -0.3 is 14.0 Å². The second kappa shape index (κ2) is 7.67. The van der Waals surface area contributed by atoms with Crippen LogP contribution in [-0.2, 0) is 10.9 Å². The molecule has 0 aliphatic carbocycles. The van der Waals surface area contributed by atoms with Gasteiger partial charge in [0.25, 0.3) is 0 Å². The summed E-state index contributed by atoms with van der Waals surface area (Å²) in [6, 6.07) is 12.4. The van der Waals surface area contributed by atoms with Crippen LogP contribution in [0.25, 0.3) is 11.4 Å². The number of hydrogen-bond acceptors (Lipinski definition) is 3. The Morgan fingerprint density at radius 2 is 1.71 bits per heavy atom. The quantitative estimate of drug-likeness (QED) is 0.574. The summed E-state index contributed by atoms with van der Waals surface area (Å²) in [6.45, 7) is 1.45. The van der Waals surface area contributed by atoms with Crippen molar-refractivity contribution in [1.82, 2.24) is 9.55 Å². The van der Waals surface area contributed by atoms with E-state index in [2.05, 4.69) is 9.55 Å². The predicted octanol–water partition coefficient (Wildman–Crippen LogP) is 5.71. The Balaban J connectivity index is 1.59. The number of rotatable bonds is 4. The fourth-order valence-corrected chi connectivity index (χ4v) is 3.37. The molecule has 0 bridgehead atoms. The van der Waals surface area contributed by atoms with Gasteiger partial charge in [-0.25, -0.2) is 4.98 Å². The Labute approximate surface area is 160 Å². The Morgan fingerprint density at radius 3 is 2.46 bits per heavy atom. The largest absolute Gasteiger partial charge is 0.457 e. The maximum Gasteiger partial charge on any atom is 0.416 e. The fraction of sp³-hybridized carbons (Fsp3) is 0.286. The highest BCUT2D eigenvalue weighted by Gasteiger charge is 2.30. The molecule has 0 amide bonds. The van der Waals surface area contributed by atoms with Gasteiger partial charge in [-0.05, 0) is 43.2 Å². The van der Waals surface area contributed by atoms with Crippen LogP contribution in [0.1, 0.15) is 24.4 Å². The third kappa shape index (κ3) is 4.04. The minimum absolute atomic E-state index is 0.139. The van der Waals surface area contributed by atoms with E-state index < -0.39 is 11.7 Å². The lowest BCUT2D eigenvalue weighted by Gasteiger charge is -2.25. The normalized spacial score (nSPS) is 15.5. The van der Waals surface area contributed by atoms with Crippen molar-refractivity contribution < 1.29 is 22.6 Å². The van der Waals surface area contributed by atoms with E-state index in [-0.39, 0.29) is 5.75 Å². The maximum atomic E-state index is 12.9. The van der Waals surface area contributed by atoms with Gasteiger partial charge in [-0.1, -0.05) is 18.2 Å². The first-order valence-corrected chi connectivity index (χ1v) is 9.07. The highest BCUT2D eigenvalue weighted by molar-refractivity contribution is 5.58. The summed E-state index contributed by atoms with van der Waals surface area (Å²) < 4.78 is 51.9. The molecule has 1 fully saturated rings. The predicted molar refractivity (Wildman–Crippen MR) is 98.3 cm³/mol. The van der Waals surface area contributed by atoms with E-state index in [1.165, 1.54) is 12.1 Å². The van der Waals surface area contributed by atoms with Crippen LogP contribution in [-0.4, -0.2) is 22.8 Å². The summed E-state index contributed by atoms with van der Waals surface area (Å²) >= 11 is 0. The molecule has 4 nitrogen and oxygen atoms in total. The van der Waals surface area contributed by atoms with E-state index in [0.717, 1.165) is 49.6 Å². The van der Waals surface area contributed by atoms with Gasteiger partial charge in [0.15, 0.2) is 0 Å². The molecule has 1 aromatic heterocycles. The van der Waals surface area contributed by atoms with Crippen molar-refractivity contribution in [2.45, 2.75) is 25.1 Å². The van der Waals surface area contributed by atoms with Crippen LogP contribution in [0.5, 0.6) is 11.5 Å². The number of ether oxygens (including phenoxy) is 2. The fourth-order valence-electron chi connectivity index (χ4n) is 3.37. The molecular formula is C21H19F3N2O2. The Bertz CT molecular complexity index is 947. The molecule has 0 saturated carbocycles. The second-order valence-corrected chi connectivity index (χ2v) is 6.66. The first-order valence-electron chi connectivity index (χ1n) is 9.07. The summed E-state index contributed by atoms with van der Waals surface area (Å²) in [7, 11) is 0. The maximum absolute atomic E-state index is 12.9. The van der Waals surface area contributed by atoms with Gasteiger partial charge in [0.05, 0.1) is 5.56 Å². The van der Waals surface area contributed by atoms with Crippen molar-refractivity contribution in [3.8, 4) is 22.9 Å². The van der Waals surface area contributed by atoms with Gasteiger partial charge in [0.2, 0.25) is 0 Å². The van der Waals surface area contributed by atoms with E-state index >= 15 is 0 Å². The number of alkyl halides is 3. The molecule has 0 atom stereocenters. The van der Waals surface area contributed by atoms with Crippen LogP contribution in [0.2, 0.25) is 0 Å². The molecule has 1 aliphatic heterocycles. The van der Waals surface area contributed by atoms with Crippen molar-refractivity contribution in [2.75, 3.05) is 13.2 Å². The lowest BCUT2D eigenvalue weighted by atomic mass is 10.1. The third-order valence-electron chi connectivity index (χ3n) is 4.74. The van der Waals surface area contributed by atoms with Gasteiger partial charge in [0.1, 0.15) is 17.3 Å². The SMILES string of the molecule is FC(F)(F)c1cccc(Oc2cccc(-c3nccn3C3CCOCC3)c2)c1. The van der Waals surface area contributed by atoms with E-state index in [0.29, 0.717) is 11.8 Å². The molecular weight excluding hydrogens is 369 g/mol. The molecule has 146 valence electrons. The van der Waals surface area contributed by atoms with Crippen LogP contribution in [0, 0.1) is 0 Å². The lowest BCUT2D eigenvalue weighted by Crippen LogP contribution is -2.19. The Hall–Kier alpha value is -2.80. The molecule has 1 aliphatic rings. The topological polar surface area (TPSA) is 36.3 Å². The van der Waals surface area contributed by atoms with Crippen molar-refractivity contribution in [3.05, 3.63) is 66.5 Å². The molecule has 1 saturated heterocycles. The van der Waals surface area contributed by atoms with Gasteiger partial charge in [0, 0.05) is 37.2 Å². The first-order chi connectivity index (χ1) is 13.5. The number of benzene rings is 2. The first kappa shape index (κ1) is 18.6. The van der Waals surface area contributed by atoms with Crippen LogP contribution in [0.15, 0.2) is 60.9 Å². The summed E-state index contributed by atoms with van der Waals surface area (Å²) in [5.74, 6) is 1.40. The van der Waals surface area contributed by atoms with E-state index in [1.54, 1.807) is 24.4 Å². The van der Waals surface area contributed by atoms with E-state index in [9.17, 15) is 13.2 Å². The number of aromatic nitrogens is 2. The van der Waals surface area contributed by atoms with Crippen molar-refractivity contribution in [1.29, 1.82) is 0 Å². The van der Waals surface area contributed by atoms with Crippen molar-refractivity contribution in [2.24, 2.45) is 0 Å². The Morgan fingerprint density at radius 1 is 1.00 bits per heavy atom. The monoisotopic (exact) mass is 388 g/mol. The zero-order valence-corrected chi connectivity index (χ0v) is 15.0. The van der Waals surface area contributed by atoms with Crippen LogP contribution in [0.3, 0.4) is 0 Å². The van der Waals surface area contributed by atoms with E-state index in [1.807, 2.05) is 12.3 Å². The second-order valence-electron chi connectivity index (χ2n) is 6.66. The molecule has 0 unspecified atom stereocenters. The number of halogens is 3. The molecule has 3 aromatic rings. The summed E-state index contributed by atoms with van der Waals surface area (Å²) in [4.78, 5) is 4.47. The highest BCUT2D eigenvalue weighted by atomic mass is 19.4. The zero-order valence-electron chi connectivity index (χ0n) is 15.0. The molecule has 0 N–H and O–H groups in total. The number of hydrogen-bond donors (Lipinski definition) is 0. The smallest absolute Gasteiger partial charge is 0.416 e. The molecule has 4 rings (SSSR count). The average molecular weight is 388 g/mol. The average Bonchev–Trinajstić information content (AvgIpc) is 3.18. The third-order valence-corrected chi connectivity index (χ3v) is 4.74. The van der Waals surface area contributed by atoms with Crippen LogP contribution < -0.4 is 4.74 Å². The molecule has 2 heterocycles.